The second-order valence-electron chi connectivity index (χ2n) is 2.57. The largest absolute Gasteiger partial charge is 0.469 e. The van der Waals surface area contributed by atoms with Gasteiger partial charge in [0.25, 0.3) is 0 Å². The van der Waals surface area contributed by atoms with Crippen LogP contribution in [0.25, 0.3) is 10.4 Å². The zero-order valence-electron chi connectivity index (χ0n) is 7.67. The first kappa shape index (κ1) is 10.1. The number of esters is 1. The van der Waals surface area contributed by atoms with Crippen LogP contribution in [0.1, 0.15) is 5.56 Å². The van der Waals surface area contributed by atoms with Crippen LogP contribution in [-0.2, 0) is 16.0 Å². The second kappa shape index (κ2) is 4.89. The summed E-state index contributed by atoms with van der Waals surface area (Å²) in [4.78, 5) is 13.7. The molecule has 0 aliphatic rings. The molecule has 5 nitrogen and oxygen atoms in total. The zero-order valence-corrected chi connectivity index (χ0v) is 7.67. The molecule has 0 N–H and O–H groups in total. The molecule has 0 spiro atoms. The number of carbonyl (C=O) groups is 1. The minimum absolute atomic E-state index is 0.117. The highest BCUT2D eigenvalue weighted by molar-refractivity contribution is 5.74. The summed E-state index contributed by atoms with van der Waals surface area (Å²) in [6, 6.07) is 6.89. The van der Waals surface area contributed by atoms with E-state index < -0.39 is 0 Å². The highest BCUT2D eigenvalue weighted by Crippen LogP contribution is 2.19. The molecule has 14 heavy (non-hydrogen) atoms. The highest BCUT2D eigenvalue weighted by Gasteiger charge is 2.05. The summed E-state index contributed by atoms with van der Waals surface area (Å²) in [5, 5.41) is 3.47. The van der Waals surface area contributed by atoms with Gasteiger partial charge < -0.3 is 4.74 Å². The molecule has 5 heteroatoms. The summed E-state index contributed by atoms with van der Waals surface area (Å²) in [5.41, 5.74) is 9.40. The van der Waals surface area contributed by atoms with Crippen molar-refractivity contribution in [3.05, 3.63) is 40.3 Å². The minimum Gasteiger partial charge on any atom is -0.469 e. The Balaban J connectivity index is 2.95. The number of nitrogens with zero attached hydrogens (tertiary/aromatic N) is 3. The molecule has 0 aliphatic carbocycles. The van der Waals surface area contributed by atoms with E-state index in [1.54, 1.807) is 24.3 Å². The highest BCUT2D eigenvalue weighted by atomic mass is 16.5. The van der Waals surface area contributed by atoms with Gasteiger partial charge in [-0.3, -0.25) is 4.79 Å². The summed E-state index contributed by atoms with van der Waals surface area (Å²) in [6.07, 6.45) is 0.117. The smallest absolute Gasteiger partial charge is 0.309 e. The molecular formula is C9H9N3O2. The van der Waals surface area contributed by atoms with E-state index in [2.05, 4.69) is 14.8 Å². The van der Waals surface area contributed by atoms with Crippen LogP contribution in [0.4, 0.5) is 5.69 Å². The van der Waals surface area contributed by atoms with E-state index in [0.717, 1.165) is 0 Å². The first-order valence-electron chi connectivity index (χ1n) is 3.97. The van der Waals surface area contributed by atoms with Gasteiger partial charge in [-0.15, -0.1) is 0 Å². The van der Waals surface area contributed by atoms with Crippen molar-refractivity contribution in [2.45, 2.75) is 6.42 Å². The van der Waals surface area contributed by atoms with Gasteiger partial charge in [-0.05, 0) is 11.1 Å². The summed E-state index contributed by atoms with van der Waals surface area (Å²) < 4.78 is 4.51. The lowest BCUT2D eigenvalue weighted by Gasteiger charge is -2.02. The predicted octanol–water partition coefficient (Wildman–Crippen LogP) is 2.34. The van der Waals surface area contributed by atoms with Crippen molar-refractivity contribution in [1.29, 1.82) is 0 Å². The fourth-order valence-electron chi connectivity index (χ4n) is 1.03. The van der Waals surface area contributed by atoms with Crippen LogP contribution in [0.15, 0.2) is 29.4 Å². The number of hydrogen-bond donors (Lipinski definition) is 0. The number of rotatable bonds is 3. The maximum atomic E-state index is 11.0. The molecule has 1 rings (SSSR count). The molecule has 0 bridgehead atoms. The molecular weight excluding hydrogens is 182 g/mol. The summed E-state index contributed by atoms with van der Waals surface area (Å²) >= 11 is 0. The third kappa shape index (κ3) is 2.50. The van der Waals surface area contributed by atoms with Crippen molar-refractivity contribution in [3.63, 3.8) is 0 Å². The van der Waals surface area contributed by atoms with Crippen LogP contribution < -0.4 is 0 Å². The van der Waals surface area contributed by atoms with Gasteiger partial charge in [0, 0.05) is 10.6 Å². The lowest BCUT2D eigenvalue weighted by molar-refractivity contribution is -0.139. The van der Waals surface area contributed by atoms with Gasteiger partial charge in [0.05, 0.1) is 13.5 Å². The average molecular weight is 191 g/mol. The molecule has 0 saturated carbocycles. The van der Waals surface area contributed by atoms with Gasteiger partial charge in [0.1, 0.15) is 0 Å². The number of azide groups is 1. The average Bonchev–Trinajstić information content (AvgIpc) is 2.21. The molecule has 1 aromatic rings. The summed E-state index contributed by atoms with van der Waals surface area (Å²) in [5.74, 6) is -0.356. The third-order valence-electron chi connectivity index (χ3n) is 1.71. The molecule has 0 heterocycles. The molecule has 0 aromatic heterocycles. The lowest BCUT2D eigenvalue weighted by atomic mass is 10.1. The second-order valence-corrected chi connectivity index (χ2v) is 2.57. The molecule has 0 aliphatic heterocycles. The van der Waals surface area contributed by atoms with Crippen molar-refractivity contribution in [1.82, 2.24) is 0 Å². The molecule has 0 fully saturated rings. The van der Waals surface area contributed by atoms with Crippen LogP contribution in [0.5, 0.6) is 0 Å². The van der Waals surface area contributed by atoms with Crippen LogP contribution in [0, 0.1) is 0 Å². The fraction of sp³-hybridized carbons (Fsp3) is 0.222. The maximum absolute atomic E-state index is 11.0. The van der Waals surface area contributed by atoms with Crippen LogP contribution in [-0.4, -0.2) is 13.1 Å². The molecule has 0 unspecified atom stereocenters. The van der Waals surface area contributed by atoms with E-state index in [1.165, 1.54) is 7.11 Å². The molecule has 1 aromatic carbocycles. The van der Waals surface area contributed by atoms with Crippen molar-refractivity contribution in [2.75, 3.05) is 7.11 Å². The first-order valence-corrected chi connectivity index (χ1v) is 3.97. The van der Waals surface area contributed by atoms with Crippen LogP contribution in [0.3, 0.4) is 0 Å². The van der Waals surface area contributed by atoms with Crippen LogP contribution >= 0.6 is 0 Å². The Morgan fingerprint density at radius 3 is 2.93 bits per heavy atom. The first-order chi connectivity index (χ1) is 6.77. The Kier molecular flexibility index (Phi) is 3.52. The van der Waals surface area contributed by atoms with Crippen molar-refractivity contribution in [3.8, 4) is 0 Å². The van der Waals surface area contributed by atoms with E-state index in [1.807, 2.05) is 0 Å². The number of carbonyl (C=O) groups excluding carboxylic acids is 1. The summed E-state index contributed by atoms with van der Waals surface area (Å²) in [6.45, 7) is 0. The number of ether oxygens (including phenoxy) is 1. The fourth-order valence-corrected chi connectivity index (χ4v) is 1.03. The van der Waals surface area contributed by atoms with Crippen LogP contribution in [0.2, 0.25) is 0 Å². The van der Waals surface area contributed by atoms with Gasteiger partial charge >= 0.3 is 5.97 Å². The number of benzene rings is 1. The monoisotopic (exact) mass is 191 g/mol. The molecule has 0 atom stereocenters. The number of hydrogen-bond acceptors (Lipinski definition) is 3. The Morgan fingerprint density at radius 1 is 1.57 bits per heavy atom. The molecule has 0 saturated heterocycles. The van der Waals surface area contributed by atoms with Crippen molar-refractivity contribution in [2.24, 2.45) is 5.11 Å². The molecule has 0 amide bonds. The van der Waals surface area contributed by atoms with Gasteiger partial charge in [-0.25, -0.2) is 0 Å². The van der Waals surface area contributed by atoms with Gasteiger partial charge in [0.15, 0.2) is 0 Å². The Labute approximate surface area is 80.9 Å². The standard InChI is InChI=1S/C9H9N3O2/c1-14-9(13)6-7-4-2-3-5-8(7)11-12-10/h2-5H,6H2,1H3. The Bertz CT molecular complexity index is 383. The number of methoxy groups -OCH3 is 1. The topological polar surface area (TPSA) is 75.1 Å². The molecule has 72 valence electrons. The predicted molar refractivity (Wildman–Crippen MR) is 51.0 cm³/mol. The van der Waals surface area contributed by atoms with Gasteiger partial charge in [0.2, 0.25) is 0 Å². The Morgan fingerprint density at radius 2 is 2.29 bits per heavy atom. The normalized spacial score (nSPS) is 8.93. The quantitative estimate of drug-likeness (QED) is 0.318. The van der Waals surface area contributed by atoms with Crippen molar-refractivity contribution >= 4 is 11.7 Å². The summed E-state index contributed by atoms with van der Waals surface area (Å²) in [7, 11) is 1.32. The van der Waals surface area contributed by atoms with Crippen molar-refractivity contribution < 1.29 is 9.53 Å². The molecule has 0 radical (unpaired) electrons. The zero-order chi connectivity index (χ0) is 10.4. The van der Waals surface area contributed by atoms with E-state index in [-0.39, 0.29) is 12.4 Å². The SMILES string of the molecule is COC(=O)Cc1ccccc1N=[N+]=[N-]. The lowest BCUT2D eigenvalue weighted by Crippen LogP contribution is -2.04. The third-order valence-corrected chi connectivity index (χ3v) is 1.71. The Hall–Kier alpha value is -2.00. The van der Waals surface area contributed by atoms with Gasteiger partial charge in [-0.1, -0.05) is 29.4 Å². The minimum atomic E-state index is -0.356. The van der Waals surface area contributed by atoms with E-state index in [9.17, 15) is 4.79 Å². The van der Waals surface area contributed by atoms with Gasteiger partial charge in [-0.2, -0.15) is 0 Å². The van der Waals surface area contributed by atoms with E-state index >= 15 is 0 Å². The van der Waals surface area contributed by atoms with E-state index in [4.69, 9.17) is 5.53 Å². The maximum Gasteiger partial charge on any atom is 0.309 e. The van der Waals surface area contributed by atoms with E-state index in [0.29, 0.717) is 11.3 Å².